The number of unbranched alkanes of at least 4 members (excludes halogenated alkanes) is 1. The minimum atomic E-state index is -5.25. The Morgan fingerprint density at radius 3 is 2.00 bits per heavy atom. The van der Waals surface area contributed by atoms with Crippen molar-refractivity contribution < 1.29 is 28.9 Å². The summed E-state index contributed by atoms with van der Waals surface area (Å²) in [6.07, 6.45) is 0.342. The molecule has 0 fully saturated rings. The molecule has 0 aliphatic heterocycles. The number of hydrogen-bond donors (Lipinski definition) is 3. The number of aliphatic hydroxyl groups is 1. The lowest BCUT2D eigenvalue weighted by molar-refractivity contribution is -0.206. The molecule has 0 aromatic heterocycles. The second-order valence-electron chi connectivity index (χ2n) is 3.28. The van der Waals surface area contributed by atoms with Gasteiger partial charge in [0.05, 0.1) is 0 Å². The van der Waals surface area contributed by atoms with Crippen molar-refractivity contribution in [2.24, 2.45) is 0 Å². The molecule has 0 bridgehead atoms. The number of hydrogen-bond acceptors (Lipinski definition) is 4. The van der Waals surface area contributed by atoms with E-state index in [1.165, 1.54) is 0 Å². The van der Waals surface area contributed by atoms with Gasteiger partial charge in [-0.25, -0.2) is 0 Å². The van der Waals surface area contributed by atoms with Gasteiger partial charge >= 0.3 is 0 Å². The summed E-state index contributed by atoms with van der Waals surface area (Å²) in [5, 5.41) is 6.57. The van der Waals surface area contributed by atoms with Crippen molar-refractivity contribution in [1.82, 2.24) is 0 Å². The lowest BCUT2D eigenvalue weighted by Crippen LogP contribution is -2.33. The Hall–Kier alpha value is 0.300. The van der Waals surface area contributed by atoms with Crippen LogP contribution in [0.3, 0.4) is 0 Å². The molecule has 0 spiro atoms. The number of rotatable bonds is 5. The van der Waals surface area contributed by atoms with Crippen LogP contribution < -0.4 is 4.89 Å². The zero-order valence-corrected chi connectivity index (χ0v) is 9.87. The highest BCUT2D eigenvalue weighted by Crippen LogP contribution is 2.67. The highest BCUT2D eigenvalue weighted by atomic mass is 31.2. The molecule has 0 amide bonds. The fraction of sp³-hybridized carbons (Fsp3) is 1.00. The quantitative estimate of drug-likeness (QED) is 0.598. The summed E-state index contributed by atoms with van der Waals surface area (Å²) in [7, 11) is -9.56. The molecule has 0 aromatic carbocycles. The van der Waals surface area contributed by atoms with Gasteiger partial charge in [0.15, 0.2) is 7.60 Å². The summed E-state index contributed by atoms with van der Waals surface area (Å²) in [6.45, 7) is 2.44. The summed E-state index contributed by atoms with van der Waals surface area (Å²) >= 11 is 0. The van der Waals surface area contributed by atoms with Crippen LogP contribution in [0.4, 0.5) is 0 Å². The average Bonchev–Trinajstić information content (AvgIpc) is 1.95. The molecule has 6 nitrogen and oxygen atoms in total. The van der Waals surface area contributed by atoms with E-state index in [0.717, 1.165) is 0 Å². The Morgan fingerprint density at radius 2 is 1.79 bits per heavy atom. The van der Waals surface area contributed by atoms with Crippen LogP contribution in [-0.4, -0.2) is 26.6 Å². The molecule has 3 unspecified atom stereocenters. The van der Waals surface area contributed by atoms with Crippen LogP contribution in [0.5, 0.6) is 0 Å². The zero-order valence-electron chi connectivity index (χ0n) is 8.08. The Labute approximate surface area is 82.6 Å². The molecule has 8 heteroatoms. The first-order valence-corrected chi connectivity index (χ1v) is 7.81. The standard InChI is InChI=1S/C6H16O6P2/c1-3-4-5-6(7,13(2,8)9)14(10,11)12/h7H,3-5H2,1-2H3,(H,8,9)(H2,10,11,12)/p-1. The Morgan fingerprint density at radius 1 is 1.36 bits per heavy atom. The summed E-state index contributed by atoms with van der Waals surface area (Å²) in [4.78, 5) is 28.6. The highest BCUT2D eigenvalue weighted by Gasteiger charge is 2.49. The van der Waals surface area contributed by atoms with Gasteiger partial charge in [0, 0.05) is 6.66 Å². The van der Waals surface area contributed by atoms with Crippen molar-refractivity contribution in [2.75, 3.05) is 6.66 Å². The van der Waals surface area contributed by atoms with Gasteiger partial charge in [-0.3, -0.25) is 4.57 Å². The third-order valence-electron chi connectivity index (χ3n) is 1.98. The van der Waals surface area contributed by atoms with Crippen molar-refractivity contribution >= 4 is 15.0 Å². The van der Waals surface area contributed by atoms with E-state index < -0.39 is 26.5 Å². The van der Waals surface area contributed by atoms with E-state index in [2.05, 4.69) is 0 Å². The van der Waals surface area contributed by atoms with E-state index >= 15 is 0 Å². The smallest absolute Gasteiger partial charge is 0.236 e. The van der Waals surface area contributed by atoms with Crippen LogP contribution in [0.25, 0.3) is 0 Å². The first kappa shape index (κ1) is 14.3. The lowest BCUT2D eigenvalue weighted by Gasteiger charge is -2.37. The molecule has 0 rings (SSSR count). The van der Waals surface area contributed by atoms with Gasteiger partial charge in [-0.05, 0) is 12.8 Å². The van der Waals surface area contributed by atoms with E-state index in [1.54, 1.807) is 6.92 Å². The van der Waals surface area contributed by atoms with Crippen LogP contribution in [-0.2, 0) is 9.13 Å². The fourth-order valence-electron chi connectivity index (χ4n) is 0.997. The molecule has 3 N–H and O–H groups in total. The topological polar surface area (TPSA) is 118 Å². The molecule has 0 aliphatic carbocycles. The molecular weight excluding hydrogens is 230 g/mol. The SMILES string of the molecule is CCCCC(O)(P(C)(=O)O)P(=O)([O-])O. The monoisotopic (exact) mass is 245 g/mol. The second kappa shape index (κ2) is 4.44. The first-order chi connectivity index (χ1) is 6.06. The van der Waals surface area contributed by atoms with Gasteiger partial charge in [-0.1, -0.05) is 13.3 Å². The maximum absolute atomic E-state index is 11.2. The van der Waals surface area contributed by atoms with Crippen molar-refractivity contribution in [2.45, 2.75) is 31.3 Å². The second-order valence-corrected chi connectivity index (χ2v) is 7.91. The molecule has 0 aromatic rings. The molecule has 0 saturated carbocycles. The maximum atomic E-state index is 11.2. The van der Waals surface area contributed by atoms with Gasteiger partial charge in [0.1, 0.15) is 0 Å². The van der Waals surface area contributed by atoms with Gasteiger partial charge in [-0.2, -0.15) is 0 Å². The Bertz CT molecular complexity index is 254. The third kappa shape index (κ3) is 2.89. The molecule has 0 aliphatic rings. The molecular formula is C6H15O6P2-. The molecule has 14 heavy (non-hydrogen) atoms. The lowest BCUT2D eigenvalue weighted by atomic mass is 10.3. The minimum Gasteiger partial charge on any atom is -0.776 e. The van der Waals surface area contributed by atoms with Crippen LogP contribution in [0.1, 0.15) is 26.2 Å². The Kier molecular flexibility index (Phi) is 4.53. The largest absolute Gasteiger partial charge is 0.776 e. The molecule has 0 saturated heterocycles. The van der Waals surface area contributed by atoms with Gasteiger partial charge in [0.2, 0.25) is 12.5 Å². The van der Waals surface area contributed by atoms with E-state index in [4.69, 9.17) is 9.79 Å². The van der Waals surface area contributed by atoms with Crippen LogP contribution in [0.15, 0.2) is 0 Å². The molecule has 0 radical (unpaired) electrons. The minimum absolute atomic E-state index is 0.238. The fourth-order valence-corrected chi connectivity index (χ4v) is 3.89. The van der Waals surface area contributed by atoms with E-state index in [1.807, 2.05) is 0 Å². The zero-order chi connectivity index (χ0) is 11.6. The van der Waals surface area contributed by atoms with Crippen molar-refractivity contribution in [3.8, 4) is 0 Å². The predicted molar refractivity (Wildman–Crippen MR) is 50.0 cm³/mol. The van der Waals surface area contributed by atoms with E-state index in [0.29, 0.717) is 13.1 Å². The van der Waals surface area contributed by atoms with Crippen LogP contribution >= 0.6 is 15.0 Å². The van der Waals surface area contributed by atoms with Crippen molar-refractivity contribution in [1.29, 1.82) is 0 Å². The van der Waals surface area contributed by atoms with Crippen LogP contribution in [0.2, 0.25) is 0 Å². The normalized spacial score (nSPS) is 24.7. The van der Waals surface area contributed by atoms with Gasteiger partial charge in [-0.15, -0.1) is 0 Å². The van der Waals surface area contributed by atoms with Gasteiger partial charge in [0.25, 0.3) is 0 Å². The summed E-state index contributed by atoms with van der Waals surface area (Å²) in [5.41, 5.74) is 0. The summed E-state index contributed by atoms with van der Waals surface area (Å²) in [5.74, 6) is 0. The summed E-state index contributed by atoms with van der Waals surface area (Å²) < 4.78 is 22.0. The maximum Gasteiger partial charge on any atom is 0.236 e. The first-order valence-electron chi connectivity index (χ1n) is 4.13. The molecule has 3 atom stereocenters. The van der Waals surface area contributed by atoms with E-state index in [-0.39, 0.29) is 6.42 Å². The van der Waals surface area contributed by atoms with Gasteiger partial charge < -0.3 is 24.4 Å². The average molecular weight is 245 g/mol. The van der Waals surface area contributed by atoms with Crippen molar-refractivity contribution in [3.05, 3.63) is 0 Å². The van der Waals surface area contributed by atoms with Crippen molar-refractivity contribution in [3.63, 3.8) is 0 Å². The molecule has 0 heterocycles. The summed E-state index contributed by atoms with van der Waals surface area (Å²) in [6, 6.07) is 0. The van der Waals surface area contributed by atoms with Crippen LogP contribution in [0, 0.1) is 0 Å². The highest BCUT2D eigenvalue weighted by molar-refractivity contribution is 7.74. The Balaban J connectivity index is 5.08. The molecule has 86 valence electrons. The third-order valence-corrected chi connectivity index (χ3v) is 6.54. The van der Waals surface area contributed by atoms with E-state index in [9.17, 15) is 19.1 Å². The predicted octanol–water partition coefficient (Wildman–Crippen LogP) is 0.269.